The van der Waals surface area contributed by atoms with Crippen molar-refractivity contribution in [1.29, 1.82) is 0 Å². The second-order valence-electron chi connectivity index (χ2n) is 12.1. The number of hydrogen-bond donors (Lipinski definition) is 0. The third-order valence-electron chi connectivity index (χ3n) is 9.06. The van der Waals surface area contributed by atoms with E-state index in [0.717, 1.165) is 50.1 Å². The quantitative estimate of drug-likeness (QED) is 0.184. The fourth-order valence-corrected chi connectivity index (χ4v) is 6.80. The Morgan fingerprint density at radius 1 is 0.327 bits per heavy atom. The van der Waals surface area contributed by atoms with Crippen molar-refractivity contribution in [3.63, 3.8) is 0 Å². The van der Waals surface area contributed by atoms with Gasteiger partial charge in [-0.25, -0.2) is 15.0 Å². The van der Waals surface area contributed by atoms with Crippen LogP contribution in [0.4, 0.5) is 0 Å². The molecule has 9 rings (SSSR count). The number of hydrogen-bond acceptors (Lipinski definition) is 3. The van der Waals surface area contributed by atoms with Gasteiger partial charge in [0, 0.05) is 38.7 Å². The molecule has 230 valence electrons. The Kier molecular flexibility index (Phi) is 7.10. The molecule has 0 spiro atoms. The fourth-order valence-electron chi connectivity index (χ4n) is 6.80. The van der Waals surface area contributed by atoms with Crippen LogP contribution in [0.1, 0.15) is 0 Å². The number of rotatable bonds is 6. The summed E-state index contributed by atoms with van der Waals surface area (Å²) in [5.41, 5.74) is 10.7. The van der Waals surface area contributed by atoms with Crippen LogP contribution in [0.3, 0.4) is 0 Å². The zero-order valence-corrected chi connectivity index (χ0v) is 26.6. The first-order valence-corrected chi connectivity index (χ1v) is 16.5. The molecule has 0 bridgehead atoms. The third-order valence-corrected chi connectivity index (χ3v) is 9.06. The van der Waals surface area contributed by atoms with Gasteiger partial charge in [-0.1, -0.05) is 158 Å². The van der Waals surface area contributed by atoms with Gasteiger partial charge >= 0.3 is 0 Å². The number of aromatic nitrogens is 4. The minimum absolute atomic E-state index is 0.629. The molecule has 2 heterocycles. The Hall–Kier alpha value is -6.65. The highest BCUT2D eigenvalue weighted by molar-refractivity contribution is 6.14. The van der Waals surface area contributed by atoms with Gasteiger partial charge in [0.05, 0.1) is 11.0 Å². The molecule has 0 N–H and O–H groups in total. The van der Waals surface area contributed by atoms with E-state index in [1.54, 1.807) is 0 Å². The van der Waals surface area contributed by atoms with E-state index in [1.807, 2.05) is 36.4 Å². The van der Waals surface area contributed by atoms with Crippen LogP contribution in [0.2, 0.25) is 0 Å². The Bertz CT molecular complexity index is 2590. The lowest BCUT2D eigenvalue weighted by Gasteiger charge is -2.15. The maximum Gasteiger partial charge on any atom is 0.164 e. The zero-order valence-electron chi connectivity index (χ0n) is 26.6. The summed E-state index contributed by atoms with van der Waals surface area (Å²) in [6.07, 6.45) is 0. The van der Waals surface area contributed by atoms with Gasteiger partial charge in [0.2, 0.25) is 0 Å². The molecule has 2 aromatic heterocycles. The maximum absolute atomic E-state index is 5.19. The molecule has 7 aromatic carbocycles. The number of benzene rings is 7. The molecule has 0 atom stereocenters. The summed E-state index contributed by atoms with van der Waals surface area (Å²) in [6, 6.07) is 63.2. The van der Waals surface area contributed by atoms with Crippen LogP contribution in [-0.2, 0) is 0 Å². The predicted molar refractivity (Wildman–Crippen MR) is 201 cm³/mol. The average molecular weight is 627 g/mol. The highest BCUT2D eigenvalue weighted by Crippen LogP contribution is 2.41. The van der Waals surface area contributed by atoms with Crippen molar-refractivity contribution in [3.05, 3.63) is 182 Å². The van der Waals surface area contributed by atoms with Gasteiger partial charge in [0.15, 0.2) is 17.5 Å². The van der Waals surface area contributed by atoms with E-state index >= 15 is 0 Å². The molecule has 0 aliphatic carbocycles. The topological polar surface area (TPSA) is 43.6 Å². The van der Waals surface area contributed by atoms with E-state index in [4.69, 9.17) is 15.0 Å². The van der Waals surface area contributed by atoms with Crippen LogP contribution in [0, 0.1) is 0 Å². The highest BCUT2D eigenvalue weighted by atomic mass is 15.0. The first kappa shape index (κ1) is 28.6. The van der Waals surface area contributed by atoms with E-state index in [-0.39, 0.29) is 0 Å². The van der Waals surface area contributed by atoms with E-state index in [1.165, 1.54) is 16.3 Å². The SMILES string of the molecule is c1ccc(-c2cccc(-c3nc(-c4ccccc4)nc(-c4ccccc4-c4cccc5c6ccccc6n(-c6ccccc6)c45)n3)c2)cc1. The first-order valence-electron chi connectivity index (χ1n) is 16.5. The molecule has 0 aliphatic rings. The van der Waals surface area contributed by atoms with Crippen LogP contribution < -0.4 is 0 Å². The molecule has 0 radical (unpaired) electrons. The van der Waals surface area contributed by atoms with Crippen molar-refractivity contribution in [2.24, 2.45) is 0 Å². The van der Waals surface area contributed by atoms with Gasteiger partial charge in [0.1, 0.15) is 0 Å². The molecule has 0 unspecified atom stereocenters. The number of para-hydroxylation sites is 3. The molecule has 9 aromatic rings. The zero-order chi connectivity index (χ0) is 32.6. The van der Waals surface area contributed by atoms with E-state index < -0.39 is 0 Å². The molecule has 0 saturated heterocycles. The van der Waals surface area contributed by atoms with Crippen LogP contribution in [0.15, 0.2) is 182 Å². The van der Waals surface area contributed by atoms with Crippen molar-refractivity contribution in [2.45, 2.75) is 0 Å². The molecule has 4 heteroatoms. The van der Waals surface area contributed by atoms with E-state index in [0.29, 0.717) is 17.5 Å². The molecule has 4 nitrogen and oxygen atoms in total. The van der Waals surface area contributed by atoms with Gasteiger partial charge in [-0.2, -0.15) is 0 Å². The normalized spacial score (nSPS) is 11.3. The van der Waals surface area contributed by atoms with Crippen molar-refractivity contribution in [1.82, 2.24) is 19.5 Å². The van der Waals surface area contributed by atoms with Crippen LogP contribution in [-0.4, -0.2) is 19.5 Å². The molecule has 0 amide bonds. The molecule has 0 fully saturated rings. The lowest BCUT2D eigenvalue weighted by atomic mass is 9.96. The van der Waals surface area contributed by atoms with Gasteiger partial charge in [-0.3, -0.25) is 0 Å². The Balaban J connectivity index is 1.29. The van der Waals surface area contributed by atoms with E-state index in [9.17, 15) is 0 Å². The molecule has 0 saturated carbocycles. The van der Waals surface area contributed by atoms with Gasteiger partial charge in [-0.05, 0) is 41.0 Å². The summed E-state index contributed by atoms with van der Waals surface area (Å²) in [5.74, 6) is 1.90. The Morgan fingerprint density at radius 3 is 1.61 bits per heavy atom. The van der Waals surface area contributed by atoms with Gasteiger partial charge in [-0.15, -0.1) is 0 Å². The summed E-state index contributed by atoms with van der Waals surface area (Å²) in [7, 11) is 0. The summed E-state index contributed by atoms with van der Waals surface area (Å²) >= 11 is 0. The highest BCUT2D eigenvalue weighted by Gasteiger charge is 2.20. The van der Waals surface area contributed by atoms with Crippen LogP contribution in [0.25, 0.3) is 83.9 Å². The summed E-state index contributed by atoms with van der Waals surface area (Å²) in [4.78, 5) is 15.4. The van der Waals surface area contributed by atoms with Gasteiger partial charge < -0.3 is 4.57 Å². The van der Waals surface area contributed by atoms with Crippen molar-refractivity contribution < 1.29 is 0 Å². The number of nitrogens with zero attached hydrogens (tertiary/aromatic N) is 4. The summed E-state index contributed by atoms with van der Waals surface area (Å²) < 4.78 is 2.38. The van der Waals surface area contributed by atoms with Crippen molar-refractivity contribution in [3.8, 4) is 62.1 Å². The smallest absolute Gasteiger partial charge is 0.164 e. The maximum atomic E-state index is 5.19. The fraction of sp³-hybridized carbons (Fsp3) is 0. The monoisotopic (exact) mass is 626 g/mol. The molecular weight excluding hydrogens is 597 g/mol. The van der Waals surface area contributed by atoms with Crippen molar-refractivity contribution >= 4 is 21.8 Å². The standard InChI is InChI=1S/C45H30N4/c1-4-16-31(17-5-1)33-20-14-21-34(30-33)44-46-43(32-18-6-2-7-19-32)47-45(48-44)40-26-11-10-24-36(40)38-27-15-28-39-37-25-12-13-29-41(37)49(42(38)39)35-22-8-3-9-23-35/h1-30H. The minimum Gasteiger partial charge on any atom is -0.309 e. The second-order valence-corrected chi connectivity index (χ2v) is 12.1. The average Bonchev–Trinajstić information content (AvgIpc) is 3.53. The first-order chi connectivity index (χ1) is 24.3. The summed E-state index contributed by atoms with van der Waals surface area (Å²) in [6.45, 7) is 0. The summed E-state index contributed by atoms with van der Waals surface area (Å²) in [5, 5.41) is 2.42. The third kappa shape index (κ3) is 5.16. The Labute approximate surface area is 284 Å². The Morgan fingerprint density at radius 2 is 0.837 bits per heavy atom. The molecule has 0 aliphatic heterocycles. The van der Waals surface area contributed by atoms with Gasteiger partial charge in [0.25, 0.3) is 0 Å². The molecular formula is C45H30N4. The minimum atomic E-state index is 0.629. The molecule has 49 heavy (non-hydrogen) atoms. The lowest BCUT2D eigenvalue weighted by Crippen LogP contribution is -2.01. The number of fused-ring (bicyclic) bond motifs is 3. The second kappa shape index (κ2) is 12.2. The largest absolute Gasteiger partial charge is 0.309 e. The van der Waals surface area contributed by atoms with E-state index in [2.05, 4.69) is 150 Å². The van der Waals surface area contributed by atoms with Crippen molar-refractivity contribution in [2.75, 3.05) is 0 Å². The van der Waals surface area contributed by atoms with Crippen LogP contribution in [0.5, 0.6) is 0 Å². The predicted octanol–water partition coefficient (Wildman–Crippen LogP) is 11.3. The van der Waals surface area contributed by atoms with Crippen LogP contribution >= 0.6 is 0 Å². The lowest BCUT2D eigenvalue weighted by molar-refractivity contribution is 1.07.